The maximum Gasteiger partial charge on any atom is 0.231 e. The molecule has 8 nitrogen and oxygen atoms in total. The summed E-state index contributed by atoms with van der Waals surface area (Å²) in [5, 5.41) is 14.2. The van der Waals surface area contributed by atoms with Crippen LogP contribution in [0.5, 0.6) is 0 Å². The second-order valence-electron chi connectivity index (χ2n) is 6.64. The maximum absolute atomic E-state index is 12.5. The van der Waals surface area contributed by atoms with E-state index in [2.05, 4.69) is 15.5 Å². The number of amides is 2. The van der Waals surface area contributed by atoms with Crippen molar-refractivity contribution in [1.82, 2.24) is 10.1 Å². The standard InChI is InChI=1S/C20H23N5O3/c1-14(21)12-17-22-10-5-11-25(17)20(27)9-8-18(26)23-19-13-16(24-28-19)15-6-3-2-4-7-15/h2-4,6-7,13,21H,5,8-12H2,1H3,(H,23,26). The smallest absolute Gasteiger partial charge is 0.231 e. The number of hydrogen-bond acceptors (Lipinski definition) is 6. The first kappa shape index (κ1) is 19.5. The summed E-state index contributed by atoms with van der Waals surface area (Å²) in [4.78, 5) is 30.6. The predicted molar refractivity (Wildman–Crippen MR) is 106 cm³/mol. The minimum absolute atomic E-state index is 0.0353. The zero-order valence-electron chi connectivity index (χ0n) is 15.8. The fourth-order valence-electron chi connectivity index (χ4n) is 2.94. The fraction of sp³-hybridized carbons (Fsp3) is 0.350. The fourth-order valence-corrected chi connectivity index (χ4v) is 2.94. The van der Waals surface area contributed by atoms with E-state index in [0.717, 1.165) is 12.0 Å². The van der Waals surface area contributed by atoms with E-state index in [1.165, 1.54) is 0 Å². The number of nitrogens with one attached hydrogen (secondary N) is 2. The van der Waals surface area contributed by atoms with Gasteiger partial charge in [0.15, 0.2) is 0 Å². The van der Waals surface area contributed by atoms with Crippen LogP contribution in [0.4, 0.5) is 5.88 Å². The second kappa shape index (κ2) is 9.07. The monoisotopic (exact) mass is 381 g/mol. The summed E-state index contributed by atoms with van der Waals surface area (Å²) in [6, 6.07) is 11.1. The SMILES string of the molecule is CC(=N)CC1=NCCCN1C(=O)CCC(=O)Nc1cc(-c2ccccc2)no1. The zero-order chi connectivity index (χ0) is 19.9. The number of aromatic nitrogens is 1. The van der Waals surface area contributed by atoms with Gasteiger partial charge in [-0.3, -0.25) is 19.9 Å². The third kappa shape index (κ3) is 5.12. The molecule has 28 heavy (non-hydrogen) atoms. The third-order valence-corrected chi connectivity index (χ3v) is 4.28. The number of amidine groups is 1. The number of hydrogen-bond donors (Lipinski definition) is 2. The van der Waals surface area contributed by atoms with Crippen LogP contribution in [0.2, 0.25) is 0 Å². The van der Waals surface area contributed by atoms with E-state index in [-0.39, 0.29) is 30.5 Å². The molecule has 0 fully saturated rings. The van der Waals surface area contributed by atoms with Crippen LogP contribution >= 0.6 is 0 Å². The lowest BCUT2D eigenvalue weighted by Crippen LogP contribution is -2.41. The highest BCUT2D eigenvalue weighted by Crippen LogP contribution is 2.21. The Morgan fingerprint density at radius 1 is 1.25 bits per heavy atom. The van der Waals surface area contributed by atoms with Gasteiger partial charge in [0, 0.05) is 49.7 Å². The molecule has 2 aromatic rings. The first-order chi connectivity index (χ1) is 13.5. The number of anilines is 1. The van der Waals surface area contributed by atoms with Crippen LogP contribution < -0.4 is 5.32 Å². The Morgan fingerprint density at radius 2 is 2.04 bits per heavy atom. The van der Waals surface area contributed by atoms with E-state index < -0.39 is 0 Å². The second-order valence-corrected chi connectivity index (χ2v) is 6.64. The molecule has 2 amide bonds. The van der Waals surface area contributed by atoms with Gasteiger partial charge in [0.2, 0.25) is 17.7 Å². The summed E-state index contributed by atoms with van der Waals surface area (Å²) < 4.78 is 5.15. The zero-order valence-corrected chi connectivity index (χ0v) is 15.8. The van der Waals surface area contributed by atoms with Crippen LogP contribution in [0.25, 0.3) is 11.3 Å². The first-order valence-electron chi connectivity index (χ1n) is 9.22. The molecule has 8 heteroatoms. The number of carbonyl (C=O) groups excluding carboxylic acids is 2. The van der Waals surface area contributed by atoms with Gasteiger partial charge in [0.25, 0.3) is 0 Å². The van der Waals surface area contributed by atoms with Crippen molar-refractivity contribution in [2.75, 3.05) is 18.4 Å². The Morgan fingerprint density at radius 3 is 2.79 bits per heavy atom. The highest BCUT2D eigenvalue weighted by molar-refractivity contribution is 6.08. The molecule has 0 bridgehead atoms. The molecule has 2 heterocycles. The average Bonchev–Trinajstić information content (AvgIpc) is 3.15. The van der Waals surface area contributed by atoms with Crippen molar-refractivity contribution in [3.8, 4) is 11.3 Å². The highest BCUT2D eigenvalue weighted by Gasteiger charge is 2.23. The third-order valence-electron chi connectivity index (χ3n) is 4.28. The molecule has 1 aromatic carbocycles. The molecule has 0 radical (unpaired) electrons. The molecule has 1 aliphatic heterocycles. The minimum atomic E-state index is -0.317. The summed E-state index contributed by atoms with van der Waals surface area (Å²) in [5.41, 5.74) is 1.97. The molecule has 1 aromatic heterocycles. The van der Waals surface area contributed by atoms with Gasteiger partial charge in [0.05, 0.1) is 0 Å². The number of benzene rings is 1. The van der Waals surface area contributed by atoms with Crippen LogP contribution in [0.3, 0.4) is 0 Å². The van der Waals surface area contributed by atoms with Gasteiger partial charge in [-0.25, -0.2) is 0 Å². The largest absolute Gasteiger partial charge is 0.338 e. The van der Waals surface area contributed by atoms with Gasteiger partial charge < -0.3 is 14.8 Å². The molecule has 2 N–H and O–H groups in total. The van der Waals surface area contributed by atoms with Crippen LogP contribution in [-0.4, -0.2) is 46.5 Å². The van der Waals surface area contributed by atoms with Crippen molar-refractivity contribution in [1.29, 1.82) is 5.41 Å². The normalized spacial score (nSPS) is 13.8. The van der Waals surface area contributed by atoms with Crippen molar-refractivity contribution < 1.29 is 14.1 Å². The molecule has 0 spiro atoms. The summed E-state index contributed by atoms with van der Waals surface area (Å²) in [5.74, 6) is 0.392. The van der Waals surface area contributed by atoms with Crippen LogP contribution in [0.15, 0.2) is 45.9 Å². The van der Waals surface area contributed by atoms with Crippen molar-refractivity contribution in [2.24, 2.45) is 4.99 Å². The average molecular weight is 381 g/mol. The van der Waals surface area contributed by atoms with Gasteiger partial charge >= 0.3 is 0 Å². The quantitative estimate of drug-likeness (QED) is 0.718. The summed E-state index contributed by atoms with van der Waals surface area (Å²) >= 11 is 0. The Balaban J connectivity index is 1.52. The summed E-state index contributed by atoms with van der Waals surface area (Å²) in [6.45, 7) is 2.94. The maximum atomic E-state index is 12.5. The molecule has 0 aliphatic carbocycles. The molecule has 0 unspecified atom stereocenters. The molecule has 0 saturated heterocycles. The number of nitrogens with zero attached hydrogens (tertiary/aromatic N) is 3. The lowest BCUT2D eigenvalue weighted by molar-refractivity contribution is -0.129. The van der Waals surface area contributed by atoms with Crippen LogP contribution in [0.1, 0.15) is 32.6 Å². The van der Waals surface area contributed by atoms with E-state index in [1.807, 2.05) is 30.3 Å². The highest BCUT2D eigenvalue weighted by atomic mass is 16.5. The van der Waals surface area contributed by atoms with E-state index in [9.17, 15) is 9.59 Å². The van der Waals surface area contributed by atoms with Crippen molar-refractivity contribution in [2.45, 2.75) is 32.6 Å². The molecule has 0 atom stereocenters. The Labute approximate surface area is 163 Å². The summed E-state index contributed by atoms with van der Waals surface area (Å²) in [6.07, 6.45) is 1.26. The van der Waals surface area contributed by atoms with Crippen molar-refractivity contribution in [3.63, 3.8) is 0 Å². The molecule has 0 saturated carbocycles. The lowest BCUT2D eigenvalue weighted by atomic mass is 10.1. The van der Waals surface area contributed by atoms with E-state index in [4.69, 9.17) is 9.93 Å². The number of aliphatic imine (C=N–C) groups is 1. The van der Waals surface area contributed by atoms with E-state index >= 15 is 0 Å². The molecule has 1 aliphatic rings. The number of rotatable bonds is 7. The van der Waals surface area contributed by atoms with E-state index in [1.54, 1.807) is 17.9 Å². The van der Waals surface area contributed by atoms with E-state index in [0.29, 0.717) is 36.8 Å². The van der Waals surface area contributed by atoms with Gasteiger partial charge in [-0.1, -0.05) is 35.5 Å². The van der Waals surface area contributed by atoms with Crippen molar-refractivity contribution >= 4 is 29.2 Å². The Bertz CT molecular complexity index is 888. The predicted octanol–water partition coefficient (Wildman–Crippen LogP) is 3.12. The molecule has 146 valence electrons. The van der Waals surface area contributed by atoms with Gasteiger partial charge in [-0.15, -0.1) is 0 Å². The summed E-state index contributed by atoms with van der Waals surface area (Å²) in [7, 11) is 0. The van der Waals surface area contributed by atoms with Gasteiger partial charge in [-0.2, -0.15) is 0 Å². The van der Waals surface area contributed by atoms with Crippen LogP contribution in [0, 0.1) is 5.41 Å². The number of carbonyl (C=O) groups is 2. The van der Waals surface area contributed by atoms with Gasteiger partial charge in [0.1, 0.15) is 11.5 Å². The molecule has 3 rings (SSSR count). The minimum Gasteiger partial charge on any atom is -0.338 e. The first-order valence-corrected chi connectivity index (χ1v) is 9.22. The molecular weight excluding hydrogens is 358 g/mol. The van der Waals surface area contributed by atoms with Crippen molar-refractivity contribution in [3.05, 3.63) is 36.4 Å². The molecular formula is C20H23N5O3. The topological polar surface area (TPSA) is 112 Å². The lowest BCUT2D eigenvalue weighted by Gasteiger charge is -2.27. The Hall–Kier alpha value is -3.29. The Kier molecular flexibility index (Phi) is 6.31. The van der Waals surface area contributed by atoms with Crippen LogP contribution in [-0.2, 0) is 9.59 Å². The van der Waals surface area contributed by atoms with Gasteiger partial charge in [-0.05, 0) is 13.3 Å².